The van der Waals surface area contributed by atoms with Gasteiger partial charge in [0, 0.05) is 19.2 Å². The first-order valence-corrected chi connectivity index (χ1v) is 8.46. The van der Waals surface area contributed by atoms with Gasteiger partial charge in [-0.2, -0.15) is 5.26 Å². The molecular weight excluding hydrogens is 262 g/mol. The van der Waals surface area contributed by atoms with Gasteiger partial charge < -0.3 is 9.64 Å². The van der Waals surface area contributed by atoms with Gasteiger partial charge in [0.15, 0.2) is 0 Å². The lowest BCUT2D eigenvalue weighted by Crippen LogP contribution is -2.47. The van der Waals surface area contributed by atoms with Gasteiger partial charge in [-0.25, -0.2) is 0 Å². The van der Waals surface area contributed by atoms with Crippen LogP contribution in [0.5, 0.6) is 0 Å². The van der Waals surface area contributed by atoms with Crippen LogP contribution in [-0.2, 0) is 4.74 Å². The molecule has 0 saturated carbocycles. The predicted octanol–water partition coefficient (Wildman–Crippen LogP) is 2.80. The van der Waals surface area contributed by atoms with Gasteiger partial charge >= 0.3 is 0 Å². The topological polar surface area (TPSA) is 48.3 Å². The highest BCUT2D eigenvalue weighted by molar-refractivity contribution is 5.06. The molecule has 0 spiro atoms. The smallest absolute Gasteiger partial charge is 0.106 e. The van der Waals surface area contributed by atoms with Crippen molar-refractivity contribution in [1.29, 1.82) is 5.26 Å². The zero-order chi connectivity index (χ0) is 15.7. The molecule has 1 fully saturated rings. The monoisotopic (exact) mass is 295 g/mol. The average Bonchev–Trinajstić information content (AvgIpc) is 2.46. The third-order valence-corrected chi connectivity index (χ3v) is 4.35. The van der Waals surface area contributed by atoms with E-state index in [2.05, 4.69) is 44.1 Å². The van der Waals surface area contributed by atoms with Crippen molar-refractivity contribution in [3.05, 3.63) is 0 Å². The van der Waals surface area contributed by atoms with E-state index >= 15 is 0 Å². The van der Waals surface area contributed by atoms with Gasteiger partial charge in [0.1, 0.15) is 5.54 Å². The van der Waals surface area contributed by atoms with Gasteiger partial charge in [-0.1, -0.05) is 6.92 Å². The Kier molecular flexibility index (Phi) is 8.24. The summed E-state index contributed by atoms with van der Waals surface area (Å²) in [5.74, 6) is 0.685. The number of ether oxygens (including phenoxy) is 1. The Balaban J connectivity index is 2.30. The van der Waals surface area contributed by atoms with E-state index < -0.39 is 0 Å². The van der Waals surface area contributed by atoms with Gasteiger partial charge in [0.25, 0.3) is 0 Å². The van der Waals surface area contributed by atoms with Crippen LogP contribution in [0.2, 0.25) is 0 Å². The number of nitrogens with zero attached hydrogens (tertiary/aromatic N) is 2. The van der Waals surface area contributed by atoms with Crippen LogP contribution in [0.4, 0.5) is 0 Å². The van der Waals surface area contributed by atoms with Crippen LogP contribution < -0.4 is 5.32 Å². The third-order valence-electron chi connectivity index (χ3n) is 4.35. The minimum absolute atomic E-state index is 0.349. The maximum Gasteiger partial charge on any atom is 0.106 e. The summed E-state index contributed by atoms with van der Waals surface area (Å²) >= 11 is 0. The van der Waals surface area contributed by atoms with Crippen molar-refractivity contribution in [3.63, 3.8) is 0 Å². The SMILES string of the molecule is CCC(C#N)(CCCN(C)CC1CCCOC1)NC(C)C. The summed E-state index contributed by atoms with van der Waals surface area (Å²) in [6.45, 7) is 10.3. The molecule has 0 aliphatic carbocycles. The molecule has 1 N–H and O–H groups in total. The molecule has 1 heterocycles. The van der Waals surface area contributed by atoms with Crippen LogP contribution in [0.15, 0.2) is 0 Å². The molecule has 1 aliphatic rings. The van der Waals surface area contributed by atoms with E-state index in [0.717, 1.165) is 45.6 Å². The van der Waals surface area contributed by atoms with E-state index in [1.165, 1.54) is 12.8 Å². The molecule has 21 heavy (non-hydrogen) atoms. The number of rotatable bonds is 9. The molecule has 4 nitrogen and oxygen atoms in total. The van der Waals surface area contributed by atoms with Crippen LogP contribution in [-0.4, -0.2) is 49.8 Å². The van der Waals surface area contributed by atoms with Crippen molar-refractivity contribution in [2.75, 3.05) is 33.4 Å². The van der Waals surface area contributed by atoms with Gasteiger partial charge in [-0.05, 0) is 65.5 Å². The second kappa shape index (κ2) is 9.40. The first-order chi connectivity index (χ1) is 10.0. The van der Waals surface area contributed by atoms with Crippen molar-refractivity contribution < 1.29 is 4.74 Å². The van der Waals surface area contributed by atoms with Gasteiger partial charge in [-0.15, -0.1) is 0 Å². The largest absolute Gasteiger partial charge is 0.381 e. The van der Waals surface area contributed by atoms with Crippen molar-refractivity contribution in [2.24, 2.45) is 5.92 Å². The minimum atomic E-state index is -0.358. The summed E-state index contributed by atoms with van der Waals surface area (Å²) in [6.07, 6.45) is 5.33. The number of hydrogen-bond acceptors (Lipinski definition) is 4. The zero-order valence-electron chi connectivity index (χ0n) is 14.3. The molecule has 4 heteroatoms. The van der Waals surface area contributed by atoms with E-state index in [1.807, 2.05) is 0 Å². The molecule has 1 aliphatic heterocycles. The molecule has 0 aromatic heterocycles. The lowest BCUT2D eigenvalue weighted by atomic mass is 9.91. The maximum absolute atomic E-state index is 9.51. The highest BCUT2D eigenvalue weighted by atomic mass is 16.5. The van der Waals surface area contributed by atoms with Gasteiger partial charge in [0.05, 0.1) is 12.7 Å². The van der Waals surface area contributed by atoms with E-state index in [1.54, 1.807) is 0 Å². The second-order valence-corrected chi connectivity index (χ2v) is 6.80. The lowest BCUT2D eigenvalue weighted by molar-refractivity contribution is 0.0417. The first kappa shape index (κ1) is 18.4. The summed E-state index contributed by atoms with van der Waals surface area (Å²) in [5.41, 5.74) is -0.358. The van der Waals surface area contributed by atoms with Crippen molar-refractivity contribution in [2.45, 2.75) is 64.5 Å². The van der Waals surface area contributed by atoms with E-state index in [4.69, 9.17) is 4.74 Å². The minimum Gasteiger partial charge on any atom is -0.381 e. The fourth-order valence-corrected chi connectivity index (χ4v) is 3.21. The predicted molar refractivity (Wildman–Crippen MR) is 87.2 cm³/mol. The van der Waals surface area contributed by atoms with E-state index in [-0.39, 0.29) is 5.54 Å². The number of hydrogen-bond donors (Lipinski definition) is 1. The van der Waals surface area contributed by atoms with E-state index in [9.17, 15) is 5.26 Å². The van der Waals surface area contributed by atoms with Crippen LogP contribution >= 0.6 is 0 Å². The molecule has 2 atom stereocenters. The molecule has 2 unspecified atom stereocenters. The summed E-state index contributed by atoms with van der Waals surface area (Å²) in [6, 6.07) is 2.85. The van der Waals surface area contributed by atoms with E-state index in [0.29, 0.717) is 12.0 Å². The molecule has 1 saturated heterocycles. The van der Waals surface area contributed by atoms with Crippen LogP contribution in [0.1, 0.15) is 52.9 Å². The molecule has 0 aromatic rings. The maximum atomic E-state index is 9.51. The Morgan fingerprint density at radius 2 is 2.24 bits per heavy atom. The van der Waals surface area contributed by atoms with Crippen LogP contribution in [0, 0.1) is 17.2 Å². The number of nitrogens with one attached hydrogen (secondary N) is 1. The van der Waals surface area contributed by atoms with Crippen molar-refractivity contribution in [1.82, 2.24) is 10.2 Å². The third kappa shape index (κ3) is 6.78. The lowest BCUT2D eigenvalue weighted by Gasteiger charge is -2.31. The molecule has 122 valence electrons. The normalized spacial score (nSPS) is 22.2. The fourth-order valence-electron chi connectivity index (χ4n) is 3.21. The Hall–Kier alpha value is -0.630. The quantitative estimate of drug-likeness (QED) is 0.710. The van der Waals surface area contributed by atoms with Gasteiger partial charge in [-0.3, -0.25) is 5.32 Å². The fraction of sp³-hybridized carbons (Fsp3) is 0.941. The molecule has 1 rings (SSSR count). The second-order valence-electron chi connectivity index (χ2n) is 6.80. The Morgan fingerprint density at radius 1 is 1.48 bits per heavy atom. The highest BCUT2D eigenvalue weighted by Crippen LogP contribution is 2.19. The molecule has 0 aromatic carbocycles. The molecule has 0 amide bonds. The van der Waals surface area contributed by atoms with Gasteiger partial charge in [0.2, 0.25) is 0 Å². The Labute approximate surface area is 130 Å². The Morgan fingerprint density at radius 3 is 2.76 bits per heavy atom. The first-order valence-electron chi connectivity index (χ1n) is 8.46. The van der Waals surface area contributed by atoms with Crippen molar-refractivity contribution >= 4 is 0 Å². The summed E-state index contributed by atoms with van der Waals surface area (Å²) < 4.78 is 5.54. The summed E-state index contributed by atoms with van der Waals surface area (Å²) in [5, 5.41) is 13.0. The molecule has 0 radical (unpaired) electrons. The molecule has 0 bridgehead atoms. The number of nitriles is 1. The standard InChI is InChI=1S/C17H33N3O/c1-5-17(14-18,19-15(2)3)9-7-10-20(4)12-16-8-6-11-21-13-16/h15-16,19H,5-13H2,1-4H3. The van der Waals surface area contributed by atoms with Crippen molar-refractivity contribution in [3.8, 4) is 6.07 Å². The Bertz CT molecular complexity index is 320. The van der Waals surface area contributed by atoms with Crippen LogP contribution in [0.3, 0.4) is 0 Å². The average molecular weight is 295 g/mol. The zero-order valence-corrected chi connectivity index (χ0v) is 14.3. The molecular formula is C17H33N3O. The van der Waals surface area contributed by atoms with Crippen LogP contribution in [0.25, 0.3) is 0 Å². The summed E-state index contributed by atoms with van der Waals surface area (Å²) in [7, 11) is 2.18. The summed E-state index contributed by atoms with van der Waals surface area (Å²) in [4.78, 5) is 2.40. The highest BCUT2D eigenvalue weighted by Gasteiger charge is 2.28.